The SMILES string of the molecule is Cc1ccc(NC(=O)Cc2ccncc2)c(N)c1. The average Bonchev–Trinajstić information content (AvgIpc) is 2.34. The first-order valence-electron chi connectivity index (χ1n) is 5.70. The number of nitrogens with zero attached hydrogens (tertiary/aromatic N) is 1. The van der Waals surface area contributed by atoms with Gasteiger partial charge in [-0.25, -0.2) is 0 Å². The van der Waals surface area contributed by atoms with Crippen LogP contribution in [0.15, 0.2) is 42.7 Å². The van der Waals surface area contributed by atoms with Crippen LogP contribution < -0.4 is 11.1 Å². The molecule has 0 radical (unpaired) electrons. The number of pyridine rings is 1. The Morgan fingerprint density at radius 2 is 2.00 bits per heavy atom. The maximum absolute atomic E-state index is 11.8. The lowest BCUT2D eigenvalue weighted by Crippen LogP contribution is -2.15. The molecule has 1 amide bonds. The highest BCUT2D eigenvalue weighted by molar-refractivity contribution is 5.95. The first kappa shape index (κ1) is 12.1. The number of rotatable bonds is 3. The molecule has 3 N–H and O–H groups in total. The Morgan fingerprint density at radius 3 is 2.67 bits per heavy atom. The number of anilines is 2. The molecule has 0 aliphatic rings. The van der Waals surface area contributed by atoms with Gasteiger partial charge < -0.3 is 11.1 Å². The van der Waals surface area contributed by atoms with Gasteiger partial charge in [0.2, 0.25) is 5.91 Å². The number of aryl methyl sites for hydroxylation is 1. The number of benzene rings is 1. The van der Waals surface area contributed by atoms with Gasteiger partial charge in [-0.3, -0.25) is 9.78 Å². The first-order chi connectivity index (χ1) is 8.65. The first-order valence-corrected chi connectivity index (χ1v) is 5.70. The minimum Gasteiger partial charge on any atom is -0.397 e. The zero-order chi connectivity index (χ0) is 13.0. The van der Waals surface area contributed by atoms with Crippen LogP contribution in [0.5, 0.6) is 0 Å². The molecule has 1 heterocycles. The molecule has 0 unspecified atom stereocenters. The van der Waals surface area contributed by atoms with Gasteiger partial charge in [0.25, 0.3) is 0 Å². The van der Waals surface area contributed by atoms with Crippen molar-refractivity contribution in [3.05, 3.63) is 53.9 Å². The summed E-state index contributed by atoms with van der Waals surface area (Å²) in [5.74, 6) is -0.0863. The van der Waals surface area contributed by atoms with Gasteiger partial charge in [0.15, 0.2) is 0 Å². The zero-order valence-electron chi connectivity index (χ0n) is 10.2. The van der Waals surface area contributed by atoms with Gasteiger partial charge in [-0.2, -0.15) is 0 Å². The van der Waals surface area contributed by atoms with Crippen LogP contribution >= 0.6 is 0 Å². The summed E-state index contributed by atoms with van der Waals surface area (Å²) < 4.78 is 0. The topological polar surface area (TPSA) is 68.0 Å². The Hall–Kier alpha value is -2.36. The highest BCUT2D eigenvalue weighted by atomic mass is 16.1. The third-order valence-electron chi connectivity index (χ3n) is 2.60. The molecule has 0 fully saturated rings. The standard InChI is InChI=1S/C14H15N3O/c1-10-2-3-13(12(15)8-10)17-14(18)9-11-4-6-16-7-5-11/h2-8H,9,15H2,1H3,(H,17,18). The third kappa shape index (κ3) is 3.07. The molecule has 92 valence electrons. The fourth-order valence-corrected chi connectivity index (χ4v) is 1.68. The fourth-order valence-electron chi connectivity index (χ4n) is 1.68. The van der Waals surface area contributed by atoms with Crippen LogP contribution in [0, 0.1) is 6.92 Å². The molecule has 4 heteroatoms. The number of amides is 1. The molecule has 18 heavy (non-hydrogen) atoms. The molecule has 0 aliphatic carbocycles. The molecule has 0 spiro atoms. The van der Waals surface area contributed by atoms with E-state index in [1.54, 1.807) is 12.4 Å². The van der Waals surface area contributed by atoms with Crippen molar-refractivity contribution in [1.82, 2.24) is 4.98 Å². The minimum absolute atomic E-state index is 0.0863. The van der Waals surface area contributed by atoms with Crippen LogP contribution in [0.25, 0.3) is 0 Å². The van der Waals surface area contributed by atoms with Crippen molar-refractivity contribution in [3.63, 3.8) is 0 Å². The van der Waals surface area contributed by atoms with Crippen molar-refractivity contribution in [2.24, 2.45) is 0 Å². The van der Waals surface area contributed by atoms with Gasteiger partial charge in [0.1, 0.15) is 0 Å². The van der Waals surface area contributed by atoms with Crippen molar-refractivity contribution < 1.29 is 4.79 Å². The highest BCUT2D eigenvalue weighted by Crippen LogP contribution is 2.19. The average molecular weight is 241 g/mol. The van der Waals surface area contributed by atoms with E-state index in [2.05, 4.69) is 10.3 Å². The quantitative estimate of drug-likeness (QED) is 0.809. The Balaban J connectivity index is 2.03. The summed E-state index contributed by atoms with van der Waals surface area (Å²) in [5, 5.41) is 2.80. The molecule has 0 saturated carbocycles. The summed E-state index contributed by atoms with van der Waals surface area (Å²) in [4.78, 5) is 15.7. The van der Waals surface area contributed by atoms with Gasteiger partial charge >= 0.3 is 0 Å². The summed E-state index contributed by atoms with van der Waals surface area (Å²) in [6.07, 6.45) is 3.65. The summed E-state index contributed by atoms with van der Waals surface area (Å²) in [5.41, 5.74) is 9.07. The summed E-state index contributed by atoms with van der Waals surface area (Å²) in [6, 6.07) is 9.20. The minimum atomic E-state index is -0.0863. The van der Waals surface area contributed by atoms with Crippen molar-refractivity contribution in [1.29, 1.82) is 0 Å². The lowest BCUT2D eigenvalue weighted by atomic mass is 10.1. The van der Waals surface area contributed by atoms with Gasteiger partial charge in [0.05, 0.1) is 17.8 Å². The van der Waals surface area contributed by atoms with Crippen molar-refractivity contribution in [3.8, 4) is 0 Å². The number of nitrogens with two attached hydrogens (primary N) is 1. The van der Waals surface area contributed by atoms with Gasteiger partial charge in [-0.1, -0.05) is 6.07 Å². The number of nitrogens with one attached hydrogen (secondary N) is 1. The number of nitrogen functional groups attached to an aromatic ring is 1. The molecule has 2 rings (SSSR count). The molecular formula is C14H15N3O. The lowest BCUT2D eigenvalue weighted by molar-refractivity contribution is -0.115. The van der Waals surface area contributed by atoms with Crippen molar-refractivity contribution in [2.45, 2.75) is 13.3 Å². The predicted molar refractivity (Wildman–Crippen MR) is 72.2 cm³/mol. The number of aromatic nitrogens is 1. The molecule has 1 aromatic heterocycles. The van der Waals surface area contributed by atoms with Crippen LogP contribution in [0.3, 0.4) is 0 Å². The Kier molecular flexibility index (Phi) is 3.57. The van der Waals surface area contributed by atoms with E-state index in [9.17, 15) is 4.79 Å². The monoisotopic (exact) mass is 241 g/mol. The Bertz CT molecular complexity index is 552. The van der Waals surface area contributed by atoms with Crippen LogP contribution in [0.2, 0.25) is 0 Å². The van der Waals surface area contributed by atoms with E-state index >= 15 is 0 Å². The van der Waals surface area contributed by atoms with E-state index in [1.807, 2.05) is 37.3 Å². The van der Waals surface area contributed by atoms with E-state index in [-0.39, 0.29) is 5.91 Å². The second-order valence-corrected chi connectivity index (χ2v) is 4.17. The number of hydrogen-bond donors (Lipinski definition) is 2. The van der Waals surface area contributed by atoms with E-state index in [0.29, 0.717) is 17.8 Å². The van der Waals surface area contributed by atoms with Crippen LogP contribution in [-0.4, -0.2) is 10.9 Å². The molecular weight excluding hydrogens is 226 g/mol. The molecule has 2 aromatic rings. The maximum atomic E-state index is 11.8. The summed E-state index contributed by atoms with van der Waals surface area (Å²) >= 11 is 0. The van der Waals surface area contributed by atoms with Gasteiger partial charge in [-0.05, 0) is 42.3 Å². The smallest absolute Gasteiger partial charge is 0.228 e. The lowest BCUT2D eigenvalue weighted by Gasteiger charge is -2.08. The fraction of sp³-hybridized carbons (Fsp3) is 0.143. The van der Waals surface area contributed by atoms with E-state index in [0.717, 1.165) is 11.1 Å². The van der Waals surface area contributed by atoms with Gasteiger partial charge in [-0.15, -0.1) is 0 Å². The number of hydrogen-bond acceptors (Lipinski definition) is 3. The van der Waals surface area contributed by atoms with Crippen LogP contribution in [-0.2, 0) is 11.2 Å². The maximum Gasteiger partial charge on any atom is 0.228 e. The number of carbonyl (C=O) groups is 1. The van der Waals surface area contributed by atoms with Crippen LogP contribution in [0.1, 0.15) is 11.1 Å². The molecule has 1 aromatic carbocycles. The molecule has 0 aliphatic heterocycles. The summed E-state index contributed by atoms with van der Waals surface area (Å²) in [6.45, 7) is 1.96. The van der Waals surface area contributed by atoms with Crippen LogP contribution in [0.4, 0.5) is 11.4 Å². The molecule has 0 bridgehead atoms. The molecule has 0 atom stereocenters. The zero-order valence-corrected chi connectivity index (χ0v) is 10.2. The second kappa shape index (κ2) is 5.31. The Labute approximate surface area is 106 Å². The van der Waals surface area contributed by atoms with E-state index in [4.69, 9.17) is 5.73 Å². The Morgan fingerprint density at radius 1 is 1.28 bits per heavy atom. The van der Waals surface area contributed by atoms with E-state index in [1.165, 1.54) is 0 Å². The number of carbonyl (C=O) groups excluding carboxylic acids is 1. The van der Waals surface area contributed by atoms with Crippen molar-refractivity contribution >= 4 is 17.3 Å². The summed E-state index contributed by atoms with van der Waals surface area (Å²) in [7, 11) is 0. The highest BCUT2D eigenvalue weighted by Gasteiger charge is 2.06. The normalized spacial score (nSPS) is 10.1. The second-order valence-electron chi connectivity index (χ2n) is 4.17. The van der Waals surface area contributed by atoms with Gasteiger partial charge in [0, 0.05) is 12.4 Å². The van der Waals surface area contributed by atoms with E-state index < -0.39 is 0 Å². The molecule has 0 saturated heterocycles. The molecule has 4 nitrogen and oxygen atoms in total. The largest absolute Gasteiger partial charge is 0.397 e. The predicted octanol–water partition coefficient (Wildman–Crippen LogP) is 2.15. The van der Waals surface area contributed by atoms with Crippen molar-refractivity contribution in [2.75, 3.05) is 11.1 Å². The third-order valence-corrected chi connectivity index (χ3v) is 2.60.